The number of aliphatic hydroxyl groups excluding tert-OH is 1. The molecule has 34 heavy (non-hydrogen) atoms. The first kappa shape index (κ1) is 29.0. The van der Waals surface area contributed by atoms with E-state index in [9.17, 15) is 21.9 Å². The molecule has 2 aromatic rings. The standard InChI is InChI=1S/C22H30Cl2N2O6S2/c1-16(13-26(17(2)15-27)34(30,31)20-10-8-18(23)9-11-20)22(32-4)14-25(3)33(28,29)21-7-5-6-19(24)12-21/h5-12,16-17,22,27H,13-15H2,1-4H3/t16-,17+,22+/m1/s1. The highest BCUT2D eigenvalue weighted by molar-refractivity contribution is 7.89. The highest BCUT2D eigenvalue weighted by Crippen LogP contribution is 2.24. The highest BCUT2D eigenvalue weighted by atomic mass is 35.5. The number of halogens is 2. The summed E-state index contributed by atoms with van der Waals surface area (Å²) in [6.07, 6.45) is -0.632. The van der Waals surface area contributed by atoms with Crippen LogP contribution in [0.3, 0.4) is 0 Å². The summed E-state index contributed by atoms with van der Waals surface area (Å²) in [5.74, 6) is -0.418. The summed E-state index contributed by atoms with van der Waals surface area (Å²) >= 11 is 11.8. The van der Waals surface area contributed by atoms with Crippen molar-refractivity contribution in [1.82, 2.24) is 8.61 Å². The number of likely N-dealkylation sites (N-methyl/N-ethyl adjacent to an activating group) is 1. The van der Waals surface area contributed by atoms with E-state index in [4.69, 9.17) is 27.9 Å². The van der Waals surface area contributed by atoms with Gasteiger partial charge in [0, 0.05) is 43.3 Å². The number of sulfonamides is 2. The van der Waals surface area contributed by atoms with Gasteiger partial charge in [-0.25, -0.2) is 16.8 Å². The first-order chi connectivity index (χ1) is 15.8. The Kier molecular flexibility index (Phi) is 10.3. The van der Waals surface area contributed by atoms with Crippen LogP contribution < -0.4 is 0 Å². The van der Waals surface area contributed by atoms with Crippen LogP contribution in [0.1, 0.15) is 13.8 Å². The molecule has 2 aromatic carbocycles. The van der Waals surface area contributed by atoms with E-state index in [-0.39, 0.29) is 29.5 Å². The fraction of sp³-hybridized carbons (Fsp3) is 0.455. The molecular formula is C22H30Cl2N2O6S2. The van der Waals surface area contributed by atoms with E-state index in [2.05, 4.69) is 0 Å². The zero-order chi connectivity index (χ0) is 25.7. The van der Waals surface area contributed by atoms with Crippen molar-refractivity contribution in [3.63, 3.8) is 0 Å². The van der Waals surface area contributed by atoms with Gasteiger partial charge in [-0.3, -0.25) is 0 Å². The quantitative estimate of drug-likeness (QED) is 0.433. The second-order valence-electron chi connectivity index (χ2n) is 8.05. The van der Waals surface area contributed by atoms with Crippen LogP contribution in [-0.4, -0.2) is 76.6 Å². The van der Waals surface area contributed by atoms with Gasteiger partial charge in [-0.05, 0) is 55.3 Å². The molecule has 190 valence electrons. The van der Waals surface area contributed by atoms with Crippen LogP contribution >= 0.6 is 23.2 Å². The van der Waals surface area contributed by atoms with Crippen LogP contribution in [0.4, 0.5) is 0 Å². The van der Waals surface area contributed by atoms with Crippen LogP contribution in [0, 0.1) is 5.92 Å². The van der Waals surface area contributed by atoms with Gasteiger partial charge < -0.3 is 9.84 Å². The molecule has 0 fully saturated rings. The monoisotopic (exact) mass is 552 g/mol. The minimum absolute atomic E-state index is 0.00372. The van der Waals surface area contributed by atoms with Crippen molar-refractivity contribution in [2.45, 2.75) is 35.8 Å². The third-order valence-corrected chi connectivity index (χ3v) is 9.82. The maximum atomic E-state index is 13.3. The molecule has 0 aliphatic heterocycles. The molecule has 0 radical (unpaired) electrons. The molecule has 0 spiro atoms. The summed E-state index contributed by atoms with van der Waals surface area (Å²) in [5, 5.41) is 10.4. The molecule has 0 bridgehead atoms. The third-order valence-electron chi connectivity index (χ3n) is 5.52. The van der Waals surface area contributed by atoms with Gasteiger partial charge in [0.2, 0.25) is 20.0 Å². The lowest BCUT2D eigenvalue weighted by molar-refractivity contribution is 0.0360. The van der Waals surface area contributed by atoms with Crippen molar-refractivity contribution >= 4 is 43.2 Å². The van der Waals surface area contributed by atoms with E-state index in [1.165, 1.54) is 54.9 Å². The summed E-state index contributed by atoms with van der Waals surface area (Å²) in [4.78, 5) is 0.0878. The van der Waals surface area contributed by atoms with Crippen molar-refractivity contribution in [1.29, 1.82) is 0 Å². The molecular weight excluding hydrogens is 523 g/mol. The maximum Gasteiger partial charge on any atom is 0.243 e. The van der Waals surface area contributed by atoms with Crippen molar-refractivity contribution in [2.24, 2.45) is 5.92 Å². The second-order valence-corrected chi connectivity index (χ2v) is 12.9. The SMILES string of the molecule is CO[C@@H](CN(C)S(=O)(=O)c1cccc(Cl)c1)[C@H](C)CN([C@@H](C)CO)S(=O)(=O)c1ccc(Cl)cc1. The van der Waals surface area contributed by atoms with Gasteiger partial charge in [-0.2, -0.15) is 8.61 Å². The van der Waals surface area contributed by atoms with Crippen LogP contribution in [0.5, 0.6) is 0 Å². The molecule has 0 aromatic heterocycles. The second kappa shape index (κ2) is 12.1. The van der Waals surface area contributed by atoms with Crippen LogP contribution in [0.25, 0.3) is 0 Å². The lowest BCUT2D eigenvalue weighted by Gasteiger charge is -2.33. The fourth-order valence-electron chi connectivity index (χ4n) is 3.40. The van der Waals surface area contributed by atoms with E-state index < -0.39 is 38.1 Å². The largest absolute Gasteiger partial charge is 0.395 e. The molecule has 12 heteroatoms. The van der Waals surface area contributed by atoms with E-state index in [1.54, 1.807) is 26.0 Å². The molecule has 0 saturated carbocycles. The number of hydrogen-bond acceptors (Lipinski definition) is 6. The van der Waals surface area contributed by atoms with E-state index in [1.807, 2.05) is 0 Å². The summed E-state index contributed by atoms with van der Waals surface area (Å²) in [6, 6.07) is 11.0. The summed E-state index contributed by atoms with van der Waals surface area (Å²) < 4.78 is 60.4. The van der Waals surface area contributed by atoms with Gasteiger partial charge >= 0.3 is 0 Å². The number of rotatable bonds is 12. The summed E-state index contributed by atoms with van der Waals surface area (Å²) in [7, 11) is -4.94. The minimum Gasteiger partial charge on any atom is -0.395 e. The first-order valence-electron chi connectivity index (χ1n) is 10.5. The average molecular weight is 554 g/mol. The first-order valence-corrected chi connectivity index (χ1v) is 14.1. The van der Waals surface area contributed by atoms with Crippen molar-refractivity contribution < 1.29 is 26.7 Å². The number of ether oxygens (including phenoxy) is 1. The Balaban J connectivity index is 2.26. The Labute approximate surface area is 212 Å². The molecule has 0 aliphatic rings. The zero-order valence-electron chi connectivity index (χ0n) is 19.4. The minimum atomic E-state index is -3.96. The van der Waals surface area contributed by atoms with Crippen LogP contribution in [-0.2, 0) is 24.8 Å². The number of hydrogen-bond donors (Lipinski definition) is 1. The molecule has 0 heterocycles. The highest BCUT2D eigenvalue weighted by Gasteiger charge is 2.34. The predicted molar refractivity (Wildman–Crippen MR) is 133 cm³/mol. The molecule has 8 nitrogen and oxygen atoms in total. The maximum absolute atomic E-state index is 13.3. The molecule has 0 amide bonds. The lowest BCUT2D eigenvalue weighted by Crippen LogP contribution is -2.47. The number of nitrogens with zero attached hydrogens (tertiary/aromatic N) is 2. The number of benzene rings is 2. The Bertz CT molecular complexity index is 1160. The van der Waals surface area contributed by atoms with Gasteiger partial charge in [-0.15, -0.1) is 0 Å². The van der Waals surface area contributed by atoms with Crippen LogP contribution in [0.2, 0.25) is 10.0 Å². The van der Waals surface area contributed by atoms with Crippen molar-refractivity contribution in [3.05, 3.63) is 58.6 Å². The fourth-order valence-corrected chi connectivity index (χ4v) is 6.73. The molecule has 2 rings (SSSR count). The van der Waals surface area contributed by atoms with E-state index in [0.29, 0.717) is 10.0 Å². The van der Waals surface area contributed by atoms with E-state index >= 15 is 0 Å². The van der Waals surface area contributed by atoms with Gasteiger partial charge in [0.05, 0.1) is 22.5 Å². The van der Waals surface area contributed by atoms with Crippen LogP contribution in [0.15, 0.2) is 58.3 Å². The van der Waals surface area contributed by atoms with Gasteiger partial charge in [0.1, 0.15) is 0 Å². The Morgan fingerprint density at radius 3 is 2.06 bits per heavy atom. The third kappa shape index (κ3) is 6.92. The Morgan fingerprint density at radius 1 is 0.912 bits per heavy atom. The zero-order valence-corrected chi connectivity index (χ0v) is 22.6. The lowest BCUT2D eigenvalue weighted by atomic mass is 10.0. The molecule has 1 N–H and O–H groups in total. The summed E-state index contributed by atoms with van der Waals surface area (Å²) in [5.41, 5.74) is 0. The Hall–Kier alpha value is -1.24. The average Bonchev–Trinajstić information content (AvgIpc) is 2.80. The van der Waals surface area contributed by atoms with Gasteiger partial charge in [0.15, 0.2) is 0 Å². The Morgan fingerprint density at radius 2 is 1.53 bits per heavy atom. The number of aliphatic hydroxyl groups is 1. The van der Waals surface area contributed by atoms with Crippen molar-refractivity contribution in [2.75, 3.05) is 33.9 Å². The van der Waals surface area contributed by atoms with E-state index in [0.717, 1.165) is 4.31 Å². The molecule has 3 atom stereocenters. The molecule has 0 unspecified atom stereocenters. The van der Waals surface area contributed by atoms with Gasteiger partial charge in [0.25, 0.3) is 0 Å². The van der Waals surface area contributed by atoms with Gasteiger partial charge in [-0.1, -0.05) is 36.2 Å². The number of methoxy groups -OCH3 is 1. The smallest absolute Gasteiger partial charge is 0.243 e. The van der Waals surface area contributed by atoms with Crippen molar-refractivity contribution in [3.8, 4) is 0 Å². The normalized spacial score (nSPS) is 15.4. The summed E-state index contributed by atoms with van der Waals surface area (Å²) in [6.45, 7) is 2.95. The topological polar surface area (TPSA) is 104 Å². The molecule has 0 aliphatic carbocycles. The molecule has 0 saturated heterocycles. The predicted octanol–water partition coefficient (Wildman–Crippen LogP) is 3.34.